The number of carbonyl (C=O) groups excluding carboxylic acids is 2. The molecule has 0 unspecified atom stereocenters. The number of hydrogen-bond donors (Lipinski definition) is 1. The Morgan fingerprint density at radius 1 is 0.818 bits per heavy atom. The molecule has 0 saturated carbocycles. The molecule has 1 aliphatic heterocycles. The van der Waals surface area contributed by atoms with E-state index >= 15 is 0 Å². The molecular formula is C26H23Cl2N3O2. The molecule has 0 aliphatic carbocycles. The van der Waals surface area contributed by atoms with E-state index in [1.54, 1.807) is 42.5 Å². The van der Waals surface area contributed by atoms with Gasteiger partial charge in [0.05, 0.1) is 11.4 Å². The van der Waals surface area contributed by atoms with Crippen molar-refractivity contribution in [2.24, 2.45) is 0 Å². The molecule has 2 amide bonds. The van der Waals surface area contributed by atoms with E-state index in [4.69, 9.17) is 23.2 Å². The minimum atomic E-state index is -0.241. The van der Waals surface area contributed by atoms with E-state index in [-0.39, 0.29) is 11.8 Å². The molecule has 5 nitrogen and oxygen atoms in total. The van der Waals surface area contributed by atoms with Crippen LogP contribution in [0.15, 0.2) is 78.9 Å². The Labute approximate surface area is 203 Å². The van der Waals surface area contributed by atoms with E-state index in [1.807, 2.05) is 47.4 Å². The fraction of sp³-hybridized carbons (Fsp3) is 0.154. The van der Waals surface area contributed by atoms with Gasteiger partial charge in [-0.25, -0.2) is 0 Å². The minimum absolute atomic E-state index is 0.00845. The zero-order valence-electron chi connectivity index (χ0n) is 17.9. The fourth-order valence-electron chi connectivity index (χ4n) is 3.68. The number of halogens is 2. The summed E-state index contributed by atoms with van der Waals surface area (Å²) >= 11 is 12.1. The van der Waals surface area contributed by atoms with Gasteiger partial charge in [-0.3, -0.25) is 9.59 Å². The third-order valence-corrected chi connectivity index (χ3v) is 5.95. The smallest absolute Gasteiger partial charge is 0.255 e. The Morgan fingerprint density at radius 2 is 1.48 bits per heavy atom. The molecule has 1 N–H and O–H groups in total. The zero-order chi connectivity index (χ0) is 23.2. The summed E-state index contributed by atoms with van der Waals surface area (Å²) in [6.45, 7) is 2.48. The second-order valence-electron chi connectivity index (χ2n) is 7.68. The van der Waals surface area contributed by atoms with Crippen LogP contribution in [0.3, 0.4) is 0 Å². The predicted molar refractivity (Wildman–Crippen MR) is 135 cm³/mol. The lowest BCUT2D eigenvalue weighted by atomic mass is 10.1. The van der Waals surface area contributed by atoms with Gasteiger partial charge in [-0.15, -0.1) is 0 Å². The highest BCUT2D eigenvalue weighted by Gasteiger charge is 2.22. The van der Waals surface area contributed by atoms with Crippen LogP contribution in [-0.4, -0.2) is 42.9 Å². The fourth-order valence-corrected chi connectivity index (χ4v) is 3.98. The molecule has 168 valence electrons. The summed E-state index contributed by atoms with van der Waals surface area (Å²) < 4.78 is 0. The molecular weight excluding hydrogens is 457 g/mol. The number of nitrogens with one attached hydrogen (secondary N) is 1. The standard InChI is InChI=1S/C26H23Cl2N3O2/c27-21-9-7-20(8-10-21)26(33)29-23-18-22(28)11-12-24(23)30-14-16-31(17-15-30)25(32)13-6-19-4-2-1-3-5-19/h1-13,18H,14-17H2,(H,29,33)/b13-6+. The van der Waals surface area contributed by atoms with Crippen LogP contribution in [0.4, 0.5) is 11.4 Å². The number of hydrogen-bond acceptors (Lipinski definition) is 3. The van der Waals surface area contributed by atoms with Crippen molar-refractivity contribution in [3.05, 3.63) is 100 Å². The van der Waals surface area contributed by atoms with E-state index in [9.17, 15) is 9.59 Å². The van der Waals surface area contributed by atoms with Crippen molar-refractivity contribution in [3.8, 4) is 0 Å². The van der Waals surface area contributed by atoms with Gasteiger partial charge in [0, 0.05) is 47.9 Å². The minimum Gasteiger partial charge on any atom is -0.366 e. The molecule has 1 aliphatic rings. The first-order chi connectivity index (χ1) is 16.0. The summed E-state index contributed by atoms with van der Waals surface area (Å²) in [6.07, 6.45) is 3.45. The Kier molecular flexibility index (Phi) is 7.33. The Morgan fingerprint density at radius 3 is 2.18 bits per heavy atom. The number of amides is 2. The van der Waals surface area contributed by atoms with E-state index < -0.39 is 0 Å². The maximum atomic E-state index is 12.7. The van der Waals surface area contributed by atoms with Gasteiger partial charge < -0.3 is 15.1 Å². The number of benzene rings is 3. The lowest BCUT2D eigenvalue weighted by Crippen LogP contribution is -2.48. The van der Waals surface area contributed by atoms with Crippen molar-refractivity contribution in [1.82, 2.24) is 4.90 Å². The van der Waals surface area contributed by atoms with E-state index in [0.29, 0.717) is 47.5 Å². The molecule has 1 heterocycles. The molecule has 0 bridgehead atoms. The van der Waals surface area contributed by atoms with Crippen molar-refractivity contribution < 1.29 is 9.59 Å². The number of piperazine rings is 1. The van der Waals surface area contributed by atoms with Crippen molar-refractivity contribution in [1.29, 1.82) is 0 Å². The van der Waals surface area contributed by atoms with Crippen LogP contribution < -0.4 is 10.2 Å². The normalized spacial score (nSPS) is 13.9. The average Bonchev–Trinajstić information content (AvgIpc) is 2.84. The SMILES string of the molecule is O=C(Nc1cc(Cl)ccc1N1CCN(C(=O)/C=C/c2ccccc2)CC1)c1ccc(Cl)cc1. The monoisotopic (exact) mass is 479 g/mol. The van der Waals surface area contributed by atoms with Gasteiger partial charge >= 0.3 is 0 Å². The first-order valence-corrected chi connectivity index (χ1v) is 11.4. The van der Waals surface area contributed by atoms with Gasteiger partial charge in [0.25, 0.3) is 5.91 Å². The quantitative estimate of drug-likeness (QED) is 0.484. The predicted octanol–water partition coefficient (Wildman–Crippen LogP) is 5.61. The zero-order valence-corrected chi connectivity index (χ0v) is 19.4. The first-order valence-electron chi connectivity index (χ1n) is 10.6. The molecule has 0 radical (unpaired) electrons. The van der Waals surface area contributed by atoms with Crippen LogP contribution in [0.2, 0.25) is 10.0 Å². The third-order valence-electron chi connectivity index (χ3n) is 5.46. The van der Waals surface area contributed by atoms with Crippen LogP contribution in [0.5, 0.6) is 0 Å². The van der Waals surface area contributed by atoms with Gasteiger partial charge in [-0.05, 0) is 54.1 Å². The Balaban J connectivity index is 1.42. The molecule has 1 fully saturated rings. The summed E-state index contributed by atoms with van der Waals surface area (Å²) in [5.41, 5.74) is 3.00. The van der Waals surface area contributed by atoms with E-state index in [1.165, 1.54) is 0 Å². The molecule has 7 heteroatoms. The lowest BCUT2D eigenvalue weighted by molar-refractivity contribution is -0.126. The molecule has 0 aromatic heterocycles. The summed E-state index contributed by atoms with van der Waals surface area (Å²) in [5.74, 6) is -0.249. The molecule has 33 heavy (non-hydrogen) atoms. The maximum absolute atomic E-state index is 12.7. The second kappa shape index (κ2) is 10.6. The van der Waals surface area contributed by atoms with Crippen molar-refractivity contribution >= 4 is 52.5 Å². The first kappa shape index (κ1) is 22.9. The Bertz CT molecular complexity index is 1160. The highest BCUT2D eigenvalue weighted by Crippen LogP contribution is 2.30. The van der Waals surface area contributed by atoms with Gasteiger partial charge in [-0.2, -0.15) is 0 Å². The van der Waals surface area contributed by atoms with Crippen LogP contribution in [-0.2, 0) is 4.79 Å². The number of rotatable bonds is 5. The topological polar surface area (TPSA) is 52.7 Å². The van der Waals surface area contributed by atoms with Gasteiger partial charge in [0.15, 0.2) is 0 Å². The summed E-state index contributed by atoms with van der Waals surface area (Å²) in [7, 11) is 0. The molecule has 3 aromatic rings. The van der Waals surface area contributed by atoms with Gasteiger partial charge in [0.1, 0.15) is 0 Å². The average molecular weight is 480 g/mol. The molecule has 1 saturated heterocycles. The summed E-state index contributed by atoms with van der Waals surface area (Å²) in [6, 6.07) is 21.9. The van der Waals surface area contributed by atoms with Crippen LogP contribution in [0.1, 0.15) is 15.9 Å². The van der Waals surface area contributed by atoms with Crippen molar-refractivity contribution in [3.63, 3.8) is 0 Å². The van der Waals surface area contributed by atoms with Crippen molar-refractivity contribution in [2.75, 3.05) is 36.4 Å². The third kappa shape index (κ3) is 5.95. The van der Waals surface area contributed by atoms with E-state index in [0.717, 1.165) is 11.3 Å². The number of carbonyl (C=O) groups is 2. The summed E-state index contributed by atoms with van der Waals surface area (Å²) in [5, 5.41) is 4.06. The summed E-state index contributed by atoms with van der Waals surface area (Å²) in [4.78, 5) is 29.3. The van der Waals surface area contributed by atoms with Gasteiger partial charge in [0.2, 0.25) is 5.91 Å². The molecule has 4 rings (SSSR count). The number of anilines is 2. The highest BCUT2D eigenvalue weighted by molar-refractivity contribution is 6.31. The largest absolute Gasteiger partial charge is 0.366 e. The second-order valence-corrected chi connectivity index (χ2v) is 8.55. The maximum Gasteiger partial charge on any atom is 0.255 e. The molecule has 0 spiro atoms. The van der Waals surface area contributed by atoms with Crippen molar-refractivity contribution in [2.45, 2.75) is 0 Å². The molecule has 3 aromatic carbocycles. The van der Waals surface area contributed by atoms with Crippen LogP contribution in [0, 0.1) is 0 Å². The van der Waals surface area contributed by atoms with Crippen LogP contribution in [0.25, 0.3) is 6.08 Å². The lowest BCUT2D eigenvalue weighted by Gasteiger charge is -2.36. The Hall–Kier alpha value is -3.28. The number of nitrogens with zero attached hydrogens (tertiary/aromatic N) is 2. The van der Waals surface area contributed by atoms with Gasteiger partial charge in [-0.1, -0.05) is 53.5 Å². The van der Waals surface area contributed by atoms with E-state index in [2.05, 4.69) is 10.2 Å². The van der Waals surface area contributed by atoms with Crippen LogP contribution >= 0.6 is 23.2 Å². The highest BCUT2D eigenvalue weighted by atomic mass is 35.5. The molecule has 0 atom stereocenters.